The molecular formula is C27H27NO4. The van der Waals surface area contributed by atoms with Crippen LogP contribution >= 0.6 is 0 Å². The van der Waals surface area contributed by atoms with Crippen LogP contribution in [0.1, 0.15) is 44.4 Å². The van der Waals surface area contributed by atoms with Gasteiger partial charge in [0.05, 0.1) is 17.7 Å². The van der Waals surface area contributed by atoms with Crippen molar-refractivity contribution in [2.24, 2.45) is 0 Å². The van der Waals surface area contributed by atoms with Gasteiger partial charge in [0, 0.05) is 12.1 Å². The molecule has 164 valence electrons. The molecule has 1 atom stereocenters. The average Bonchev–Trinajstić information content (AvgIpc) is 3.03. The zero-order valence-corrected chi connectivity index (χ0v) is 18.5. The third-order valence-corrected chi connectivity index (χ3v) is 5.59. The summed E-state index contributed by atoms with van der Waals surface area (Å²) < 4.78 is 5.83. The summed E-state index contributed by atoms with van der Waals surface area (Å²) >= 11 is 0. The second-order valence-corrected chi connectivity index (χ2v) is 8.26. The van der Waals surface area contributed by atoms with Crippen LogP contribution in [0.25, 0.3) is 16.5 Å². The van der Waals surface area contributed by atoms with Crippen LogP contribution in [0.15, 0.2) is 72.3 Å². The molecule has 1 N–H and O–H groups in total. The Morgan fingerprint density at radius 1 is 1.03 bits per heavy atom. The number of ketones is 1. The van der Waals surface area contributed by atoms with Gasteiger partial charge in [-0.15, -0.1) is 0 Å². The molecule has 0 aromatic heterocycles. The number of fused-ring (bicyclic) bond motifs is 1. The maximum Gasteiger partial charge on any atom is 0.295 e. The molecule has 1 saturated heterocycles. The summed E-state index contributed by atoms with van der Waals surface area (Å²) in [6, 6.07) is 20.0. The fraction of sp³-hybridized carbons (Fsp3) is 0.259. The maximum atomic E-state index is 13.1. The van der Waals surface area contributed by atoms with Gasteiger partial charge in [-0.3, -0.25) is 9.59 Å². The van der Waals surface area contributed by atoms with Gasteiger partial charge in [0.1, 0.15) is 11.5 Å². The third kappa shape index (κ3) is 3.86. The second-order valence-electron chi connectivity index (χ2n) is 8.26. The number of aliphatic hydroxyl groups excluding tert-OH is 1. The van der Waals surface area contributed by atoms with Crippen molar-refractivity contribution < 1.29 is 19.4 Å². The Morgan fingerprint density at radius 3 is 2.50 bits per heavy atom. The van der Waals surface area contributed by atoms with Crippen molar-refractivity contribution in [2.75, 3.05) is 6.54 Å². The van der Waals surface area contributed by atoms with Gasteiger partial charge in [0.25, 0.3) is 11.7 Å². The SMILES string of the molecule is CCCN1C(=O)C(=O)/C(=C(\O)c2cccc3ccccc23)C1c1cccc(OC(C)C)c1. The van der Waals surface area contributed by atoms with E-state index >= 15 is 0 Å². The van der Waals surface area contributed by atoms with Crippen molar-refractivity contribution in [3.63, 3.8) is 0 Å². The van der Waals surface area contributed by atoms with Gasteiger partial charge in [-0.25, -0.2) is 0 Å². The normalized spacial score (nSPS) is 18.0. The average molecular weight is 430 g/mol. The number of aliphatic hydroxyl groups is 1. The minimum atomic E-state index is -0.676. The van der Waals surface area contributed by atoms with Crippen molar-refractivity contribution in [2.45, 2.75) is 39.3 Å². The van der Waals surface area contributed by atoms with E-state index in [0.717, 1.165) is 16.3 Å². The summed E-state index contributed by atoms with van der Waals surface area (Å²) in [6.07, 6.45) is 0.683. The summed E-state index contributed by atoms with van der Waals surface area (Å²) in [5, 5.41) is 13.2. The minimum Gasteiger partial charge on any atom is -0.507 e. The molecule has 32 heavy (non-hydrogen) atoms. The Morgan fingerprint density at radius 2 is 1.75 bits per heavy atom. The van der Waals surface area contributed by atoms with Gasteiger partial charge in [-0.05, 0) is 48.7 Å². The lowest BCUT2D eigenvalue weighted by molar-refractivity contribution is -0.139. The molecule has 1 aliphatic heterocycles. The van der Waals surface area contributed by atoms with Gasteiger partial charge in [-0.2, -0.15) is 0 Å². The van der Waals surface area contributed by atoms with Crippen LogP contribution in [0.5, 0.6) is 5.75 Å². The van der Waals surface area contributed by atoms with E-state index in [-0.39, 0.29) is 17.4 Å². The number of ether oxygens (including phenoxy) is 1. The monoisotopic (exact) mass is 429 g/mol. The lowest BCUT2D eigenvalue weighted by Gasteiger charge is -2.25. The van der Waals surface area contributed by atoms with Gasteiger partial charge >= 0.3 is 0 Å². The zero-order chi connectivity index (χ0) is 22.8. The fourth-order valence-electron chi connectivity index (χ4n) is 4.31. The summed E-state index contributed by atoms with van der Waals surface area (Å²) in [5.74, 6) is -0.749. The van der Waals surface area contributed by atoms with Crippen molar-refractivity contribution in [3.8, 4) is 5.75 Å². The van der Waals surface area contributed by atoms with Gasteiger partial charge < -0.3 is 14.7 Å². The number of amides is 1. The first kappa shape index (κ1) is 21.6. The smallest absolute Gasteiger partial charge is 0.295 e. The maximum absolute atomic E-state index is 13.1. The summed E-state index contributed by atoms with van der Waals surface area (Å²) in [7, 11) is 0. The standard InChI is InChI=1S/C27H27NO4/c1-4-15-28-24(19-11-7-12-20(16-19)32-17(2)3)23(26(30)27(28)31)25(29)22-14-8-10-18-9-5-6-13-21(18)22/h5-14,16-17,24,29H,4,15H2,1-3H3/b25-23-. The highest BCUT2D eigenvalue weighted by atomic mass is 16.5. The number of nitrogens with zero attached hydrogens (tertiary/aromatic N) is 1. The van der Waals surface area contributed by atoms with Crippen LogP contribution in [-0.4, -0.2) is 34.3 Å². The molecule has 3 aromatic rings. The summed E-state index contributed by atoms with van der Waals surface area (Å²) in [6.45, 7) is 6.25. The molecule has 3 aromatic carbocycles. The Kier molecular flexibility index (Phi) is 5.99. The van der Waals surface area contributed by atoms with Gasteiger partial charge in [0.2, 0.25) is 0 Å². The molecule has 1 unspecified atom stereocenters. The van der Waals surface area contributed by atoms with Gasteiger partial charge in [0.15, 0.2) is 0 Å². The molecule has 0 aliphatic carbocycles. The second kappa shape index (κ2) is 8.87. The highest BCUT2D eigenvalue weighted by Gasteiger charge is 2.45. The first-order chi connectivity index (χ1) is 15.4. The van der Waals surface area contributed by atoms with Crippen molar-refractivity contribution in [3.05, 3.63) is 83.4 Å². The largest absolute Gasteiger partial charge is 0.507 e. The highest BCUT2D eigenvalue weighted by Crippen LogP contribution is 2.41. The topological polar surface area (TPSA) is 66.8 Å². The predicted octanol–water partition coefficient (Wildman–Crippen LogP) is 5.46. The van der Waals surface area contributed by atoms with Crippen LogP contribution < -0.4 is 4.74 Å². The molecule has 5 heteroatoms. The quantitative estimate of drug-likeness (QED) is 0.321. The molecule has 1 amide bonds. The van der Waals surface area contributed by atoms with Crippen LogP contribution in [-0.2, 0) is 9.59 Å². The predicted molar refractivity (Wildman–Crippen MR) is 125 cm³/mol. The van der Waals surface area contributed by atoms with Crippen LogP contribution in [0.4, 0.5) is 0 Å². The molecule has 0 saturated carbocycles. The third-order valence-electron chi connectivity index (χ3n) is 5.59. The number of benzene rings is 3. The van der Waals surface area contributed by atoms with Crippen molar-refractivity contribution in [1.82, 2.24) is 4.90 Å². The van der Waals surface area contributed by atoms with Gasteiger partial charge in [-0.1, -0.05) is 61.5 Å². The molecular weight excluding hydrogens is 402 g/mol. The zero-order valence-electron chi connectivity index (χ0n) is 18.5. The first-order valence-electron chi connectivity index (χ1n) is 11.0. The van der Waals surface area contributed by atoms with E-state index in [0.29, 0.717) is 24.3 Å². The lowest BCUT2D eigenvalue weighted by atomic mass is 9.93. The highest BCUT2D eigenvalue weighted by molar-refractivity contribution is 6.46. The van der Waals surface area contributed by atoms with Crippen molar-refractivity contribution >= 4 is 28.2 Å². The Balaban J connectivity index is 1.92. The van der Waals surface area contributed by atoms with E-state index in [1.807, 2.05) is 81.4 Å². The van der Waals surface area contributed by atoms with E-state index in [2.05, 4.69) is 0 Å². The number of hydrogen-bond acceptors (Lipinski definition) is 4. The number of Topliss-reactive ketones (excluding diaryl/α,β-unsaturated/α-hetero) is 1. The molecule has 0 bridgehead atoms. The molecule has 4 rings (SSSR count). The number of likely N-dealkylation sites (tertiary alicyclic amines) is 1. The molecule has 0 radical (unpaired) electrons. The molecule has 5 nitrogen and oxygen atoms in total. The molecule has 1 aliphatic rings. The summed E-state index contributed by atoms with van der Waals surface area (Å²) in [4.78, 5) is 27.6. The Hall–Kier alpha value is -3.60. The molecule has 1 fully saturated rings. The van der Waals surface area contributed by atoms with E-state index in [1.165, 1.54) is 0 Å². The van der Waals surface area contributed by atoms with Crippen LogP contribution in [0.3, 0.4) is 0 Å². The molecule has 0 spiro atoms. The summed E-state index contributed by atoms with van der Waals surface area (Å²) in [5.41, 5.74) is 1.39. The Labute approximate surface area is 187 Å². The number of hydrogen-bond donors (Lipinski definition) is 1. The first-order valence-corrected chi connectivity index (χ1v) is 11.0. The minimum absolute atomic E-state index is 0.0112. The number of carbonyl (C=O) groups is 2. The van der Waals surface area contributed by atoms with Crippen molar-refractivity contribution in [1.29, 1.82) is 0 Å². The Bertz CT molecular complexity index is 1210. The van der Waals surface area contributed by atoms with E-state index in [4.69, 9.17) is 4.74 Å². The van der Waals surface area contributed by atoms with E-state index in [1.54, 1.807) is 11.0 Å². The lowest BCUT2D eigenvalue weighted by Crippen LogP contribution is -2.30. The number of rotatable bonds is 6. The molecule has 1 heterocycles. The van der Waals surface area contributed by atoms with Crippen LogP contribution in [0, 0.1) is 0 Å². The van der Waals surface area contributed by atoms with E-state index < -0.39 is 17.7 Å². The van der Waals surface area contributed by atoms with E-state index in [9.17, 15) is 14.7 Å². The fourth-order valence-corrected chi connectivity index (χ4v) is 4.31. The number of carbonyl (C=O) groups excluding carboxylic acids is 2. The van der Waals surface area contributed by atoms with Crippen LogP contribution in [0.2, 0.25) is 0 Å².